The van der Waals surface area contributed by atoms with E-state index in [-0.39, 0.29) is 4.90 Å². The summed E-state index contributed by atoms with van der Waals surface area (Å²) in [6.45, 7) is 8.76. The molecular formula is C17H22N2O2SSi. The highest BCUT2D eigenvalue weighted by molar-refractivity contribution is 7.89. The first-order valence-electron chi connectivity index (χ1n) is 7.40. The van der Waals surface area contributed by atoms with Gasteiger partial charge in [0.25, 0.3) is 10.0 Å². The molecule has 0 aliphatic rings. The number of benzene rings is 2. The number of aryl methyl sites for hydroxylation is 1. The van der Waals surface area contributed by atoms with Crippen molar-refractivity contribution in [1.82, 2.24) is 4.83 Å². The summed E-state index contributed by atoms with van der Waals surface area (Å²) in [5, 5.41) is 5.21. The first kappa shape index (κ1) is 17.4. The van der Waals surface area contributed by atoms with Gasteiger partial charge in [0.2, 0.25) is 0 Å². The fourth-order valence-electron chi connectivity index (χ4n) is 2.01. The van der Waals surface area contributed by atoms with Gasteiger partial charge in [-0.15, -0.1) is 0 Å². The van der Waals surface area contributed by atoms with E-state index in [1.54, 1.807) is 24.3 Å². The standard InChI is InChI=1S/C17H22N2O2SSi/c1-14-5-9-16(10-6-14)22(20,21)19-18-13-15-7-11-17(12-8-15)23(2,3)4/h5-13,19H,1-4H3/b18-13+. The summed E-state index contributed by atoms with van der Waals surface area (Å²) in [6.07, 6.45) is 1.51. The molecule has 0 aromatic heterocycles. The topological polar surface area (TPSA) is 58.5 Å². The van der Waals surface area contributed by atoms with Gasteiger partial charge < -0.3 is 0 Å². The molecule has 1 N–H and O–H groups in total. The molecule has 122 valence electrons. The molecule has 0 heterocycles. The fraction of sp³-hybridized carbons (Fsp3) is 0.235. The number of rotatable bonds is 5. The number of hydrogen-bond acceptors (Lipinski definition) is 3. The molecule has 0 atom stereocenters. The highest BCUT2D eigenvalue weighted by Crippen LogP contribution is 2.09. The van der Waals surface area contributed by atoms with Crippen LogP contribution in [0, 0.1) is 6.92 Å². The summed E-state index contributed by atoms with van der Waals surface area (Å²) in [5.74, 6) is 0. The Labute approximate surface area is 139 Å². The molecule has 6 heteroatoms. The van der Waals surface area contributed by atoms with Crippen molar-refractivity contribution in [3.8, 4) is 0 Å². The average Bonchev–Trinajstić information content (AvgIpc) is 2.47. The van der Waals surface area contributed by atoms with Crippen LogP contribution in [0.25, 0.3) is 0 Å². The first-order valence-corrected chi connectivity index (χ1v) is 12.4. The van der Waals surface area contributed by atoms with Crippen molar-refractivity contribution >= 4 is 29.5 Å². The molecule has 0 fully saturated rings. The minimum atomic E-state index is -3.62. The van der Waals surface area contributed by atoms with E-state index in [1.807, 2.05) is 19.1 Å². The predicted octanol–water partition coefficient (Wildman–Crippen LogP) is 2.85. The summed E-state index contributed by atoms with van der Waals surface area (Å²) in [6, 6.07) is 14.7. The Morgan fingerprint density at radius 2 is 1.52 bits per heavy atom. The second-order valence-corrected chi connectivity index (χ2v) is 13.3. The summed E-state index contributed by atoms with van der Waals surface area (Å²) >= 11 is 0. The second kappa shape index (κ2) is 6.68. The molecule has 0 unspecified atom stereocenters. The second-order valence-electron chi connectivity index (χ2n) is 6.54. The van der Waals surface area contributed by atoms with Crippen molar-refractivity contribution in [2.24, 2.45) is 5.10 Å². The van der Waals surface area contributed by atoms with Gasteiger partial charge in [-0.05, 0) is 24.6 Å². The lowest BCUT2D eigenvalue weighted by atomic mass is 10.2. The summed E-state index contributed by atoms with van der Waals surface area (Å²) in [7, 11) is -4.94. The number of sulfonamides is 1. The zero-order valence-corrected chi connectivity index (χ0v) is 15.7. The number of hydrogen-bond donors (Lipinski definition) is 1. The van der Waals surface area contributed by atoms with Crippen molar-refractivity contribution < 1.29 is 8.42 Å². The van der Waals surface area contributed by atoms with Gasteiger partial charge in [-0.3, -0.25) is 0 Å². The maximum absolute atomic E-state index is 12.1. The maximum Gasteiger partial charge on any atom is 0.276 e. The third-order valence-electron chi connectivity index (χ3n) is 3.49. The van der Waals surface area contributed by atoms with Gasteiger partial charge in [0.1, 0.15) is 0 Å². The average molecular weight is 347 g/mol. The fourth-order valence-corrected chi connectivity index (χ4v) is 3.97. The molecule has 2 aromatic rings. The van der Waals surface area contributed by atoms with Crippen molar-refractivity contribution in [2.45, 2.75) is 31.5 Å². The summed E-state index contributed by atoms with van der Waals surface area (Å²) < 4.78 is 24.2. The van der Waals surface area contributed by atoms with E-state index in [0.29, 0.717) is 0 Å². The van der Waals surface area contributed by atoms with Crippen LogP contribution in [0.5, 0.6) is 0 Å². The van der Waals surface area contributed by atoms with Crippen LogP contribution in [0.1, 0.15) is 11.1 Å². The molecule has 2 aromatic carbocycles. The van der Waals surface area contributed by atoms with Crippen LogP contribution in [0.3, 0.4) is 0 Å². The van der Waals surface area contributed by atoms with Crippen molar-refractivity contribution in [3.63, 3.8) is 0 Å². The molecule has 0 aliphatic heterocycles. The van der Waals surface area contributed by atoms with E-state index >= 15 is 0 Å². The Morgan fingerprint density at radius 1 is 0.957 bits per heavy atom. The van der Waals surface area contributed by atoms with E-state index in [1.165, 1.54) is 11.4 Å². The molecule has 4 nitrogen and oxygen atoms in total. The lowest BCUT2D eigenvalue weighted by Gasteiger charge is -2.16. The summed E-state index contributed by atoms with van der Waals surface area (Å²) in [4.78, 5) is 2.44. The summed E-state index contributed by atoms with van der Waals surface area (Å²) in [5.41, 5.74) is 1.87. The minimum absolute atomic E-state index is 0.203. The molecule has 23 heavy (non-hydrogen) atoms. The normalized spacial score (nSPS) is 12.5. The first-order chi connectivity index (χ1) is 10.7. The monoisotopic (exact) mass is 346 g/mol. The smallest absolute Gasteiger partial charge is 0.200 e. The van der Waals surface area contributed by atoms with Crippen LogP contribution in [-0.4, -0.2) is 22.7 Å². The minimum Gasteiger partial charge on any atom is -0.200 e. The highest BCUT2D eigenvalue weighted by atomic mass is 32.2. The van der Waals surface area contributed by atoms with Crippen LogP contribution in [-0.2, 0) is 10.0 Å². The quantitative estimate of drug-likeness (QED) is 0.514. The zero-order valence-electron chi connectivity index (χ0n) is 13.9. The molecule has 0 aliphatic carbocycles. The van der Waals surface area contributed by atoms with Crippen LogP contribution in [0.2, 0.25) is 19.6 Å². The van der Waals surface area contributed by atoms with E-state index in [0.717, 1.165) is 11.1 Å². The van der Waals surface area contributed by atoms with Gasteiger partial charge in [-0.1, -0.05) is 66.8 Å². The van der Waals surface area contributed by atoms with Gasteiger partial charge in [0, 0.05) is 0 Å². The van der Waals surface area contributed by atoms with Gasteiger partial charge in [0.15, 0.2) is 0 Å². The molecule has 0 bridgehead atoms. The van der Waals surface area contributed by atoms with Gasteiger partial charge in [-0.25, -0.2) is 4.83 Å². The zero-order chi connectivity index (χ0) is 17.1. The van der Waals surface area contributed by atoms with E-state index < -0.39 is 18.1 Å². The predicted molar refractivity (Wildman–Crippen MR) is 98.5 cm³/mol. The van der Waals surface area contributed by atoms with E-state index in [4.69, 9.17) is 0 Å². The molecular weight excluding hydrogens is 324 g/mol. The van der Waals surface area contributed by atoms with E-state index in [2.05, 4.69) is 41.7 Å². The molecule has 2 rings (SSSR count). The Balaban J connectivity index is 2.07. The third-order valence-corrected chi connectivity index (χ3v) is 6.80. The highest BCUT2D eigenvalue weighted by Gasteiger charge is 2.15. The van der Waals surface area contributed by atoms with Crippen LogP contribution in [0.4, 0.5) is 0 Å². The van der Waals surface area contributed by atoms with Gasteiger partial charge in [0.05, 0.1) is 19.2 Å². The SMILES string of the molecule is Cc1ccc(S(=O)(=O)N/N=C/c2ccc([Si](C)(C)C)cc2)cc1. The Morgan fingerprint density at radius 3 is 2.04 bits per heavy atom. The third kappa shape index (κ3) is 4.77. The van der Waals surface area contributed by atoms with Crippen molar-refractivity contribution in [3.05, 3.63) is 59.7 Å². The van der Waals surface area contributed by atoms with Crippen LogP contribution >= 0.6 is 0 Å². The van der Waals surface area contributed by atoms with Crippen LogP contribution < -0.4 is 10.0 Å². The Bertz CT molecular complexity index is 790. The number of nitrogens with one attached hydrogen (secondary N) is 1. The molecule has 0 amide bonds. The van der Waals surface area contributed by atoms with Crippen LogP contribution in [0.15, 0.2) is 58.5 Å². The molecule has 0 saturated carbocycles. The number of hydrazone groups is 1. The van der Waals surface area contributed by atoms with Crippen molar-refractivity contribution in [1.29, 1.82) is 0 Å². The molecule has 0 radical (unpaired) electrons. The molecule has 0 saturated heterocycles. The van der Waals surface area contributed by atoms with Gasteiger partial charge in [-0.2, -0.15) is 13.5 Å². The maximum atomic E-state index is 12.1. The Hall–Kier alpha value is -1.92. The largest absolute Gasteiger partial charge is 0.276 e. The Kier molecular flexibility index (Phi) is 5.06. The molecule has 0 spiro atoms. The van der Waals surface area contributed by atoms with Gasteiger partial charge >= 0.3 is 0 Å². The van der Waals surface area contributed by atoms with E-state index in [9.17, 15) is 8.42 Å². The van der Waals surface area contributed by atoms with Crippen molar-refractivity contribution in [2.75, 3.05) is 0 Å². The lowest BCUT2D eigenvalue weighted by Crippen LogP contribution is -2.37. The number of nitrogens with zero attached hydrogens (tertiary/aromatic N) is 1. The lowest BCUT2D eigenvalue weighted by molar-refractivity contribution is 0.584.